The number of nitrogens with two attached hydrogens (primary N) is 1. The van der Waals surface area contributed by atoms with Gasteiger partial charge in [0.15, 0.2) is 0 Å². The number of carbonyl (C=O) groups excluding carboxylic acids is 2. The maximum atomic E-state index is 12.0. The third-order valence-corrected chi connectivity index (χ3v) is 4.50. The molecule has 25 heavy (non-hydrogen) atoms. The number of rotatable bonds is 9. The Kier molecular flexibility index (Phi) is 8.34. The summed E-state index contributed by atoms with van der Waals surface area (Å²) in [5, 5.41) is 5.66. The predicted octanol–water partition coefficient (Wildman–Crippen LogP) is 0.738. The van der Waals surface area contributed by atoms with E-state index in [0.717, 1.165) is 18.4 Å². The molecule has 138 valence electrons. The summed E-state index contributed by atoms with van der Waals surface area (Å²) in [4.78, 5) is 27.7. The van der Waals surface area contributed by atoms with Gasteiger partial charge in [-0.1, -0.05) is 25.3 Å². The minimum Gasteiger partial charge on any atom is -0.362 e. The highest BCUT2D eigenvalue weighted by Gasteiger charge is 2.23. The van der Waals surface area contributed by atoms with Crippen LogP contribution in [-0.2, 0) is 20.9 Å². The number of ether oxygens (including phenoxy) is 1. The molecule has 1 atom stereocenters. The van der Waals surface area contributed by atoms with Crippen LogP contribution in [-0.4, -0.2) is 42.6 Å². The van der Waals surface area contributed by atoms with E-state index >= 15 is 0 Å². The van der Waals surface area contributed by atoms with E-state index in [4.69, 9.17) is 10.5 Å². The SMILES string of the molecule is NCC(NC(=O)COCC(=O)NCc1cccnc1)C1CCCCC1. The Labute approximate surface area is 148 Å². The van der Waals surface area contributed by atoms with Crippen molar-refractivity contribution in [3.05, 3.63) is 30.1 Å². The molecule has 2 rings (SSSR count). The number of carbonyl (C=O) groups is 2. The van der Waals surface area contributed by atoms with Gasteiger partial charge < -0.3 is 21.1 Å². The molecule has 1 aliphatic carbocycles. The van der Waals surface area contributed by atoms with Crippen molar-refractivity contribution >= 4 is 11.8 Å². The van der Waals surface area contributed by atoms with Crippen LogP contribution in [0.15, 0.2) is 24.5 Å². The first-order chi connectivity index (χ1) is 12.2. The Bertz CT molecular complexity index is 532. The summed E-state index contributed by atoms with van der Waals surface area (Å²) in [7, 11) is 0. The first-order valence-corrected chi connectivity index (χ1v) is 8.92. The van der Waals surface area contributed by atoms with Crippen LogP contribution in [0, 0.1) is 5.92 Å². The fourth-order valence-corrected chi connectivity index (χ4v) is 3.15. The molecule has 0 saturated heterocycles. The second-order valence-corrected chi connectivity index (χ2v) is 6.44. The molecule has 0 aliphatic heterocycles. The summed E-state index contributed by atoms with van der Waals surface area (Å²) in [5.41, 5.74) is 6.71. The van der Waals surface area contributed by atoms with Gasteiger partial charge in [-0.05, 0) is 30.4 Å². The molecule has 2 amide bonds. The minimum atomic E-state index is -0.265. The van der Waals surface area contributed by atoms with E-state index < -0.39 is 0 Å². The number of aromatic nitrogens is 1. The van der Waals surface area contributed by atoms with Gasteiger partial charge in [0.25, 0.3) is 0 Å². The molecular formula is C18H28N4O3. The summed E-state index contributed by atoms with van der Waals surface area (Å²) in [6, 6.07) is 3.68. The third kappa shape index (κ3) is 7.19. The number of nitrogens with zero attached hydrogens (tertiary/aromatic N) is 1. The molecule has 1 fully saturated rings. The molecule has 0 spiro atoms. The van der Waals surface area contributed by atoms with E-state index in [1.54, 1.807) is 12.4 Å². The lowest BCUT2D eigenvalue weighted by Gasteiger charge is -2.30. The molecule has 0 bridgehead atoms. The number of nitrogens with one attached hydrogen (secondary N) is 2. The van der Waals surface area contributed by atoms with Crippen LogP contribution in [0.5, 0.6) is 0 Å². The highest BCUT2D eigenvalue weighted by Crippen LogP contribution is 2.26. The first kappa shape index (κ1) is 19.3. The zero-order valence-electron chi connectivity index (χ0n) is 14.6. The van der Waals surface area contributed by atoms with E-state index in [1.165, 1.54) is 19.3 Å². The molecule has 0 radical (unpaired) electrons. The number of amides is 2. The molecule has 0 aromatic carbocycles. The zero-order chi connectivity index (χ0) is 17.9. The van der Waals surface area contributed by atoms with Gasteiger partial charge in [0, 0.05) is 31.5 Å². The van der Waals surface area contributed by atoms with Crippen molar-refractivity contribution in [2.75, 3.05) is 19.8 Å². The van der Waals surface area contributed by atoms with Crippen LogP contribution in [0.1, 0.15) is 37.7 Å². The zero-order valence-corrected chi connectivity index (χ0v) is 14.6. The third-order valence-electron chi connectivity index (χ3n) is 4.50. The number of hydrogen-bond acceptors (Lipinski definition) is 5. The summed E-state index contributed by atoms with van der Waals surface area (Å²) in [5.74, 6) is -0.0362. The maximum absolute atomic E-state index is 12.0. The van der Waals surface area contributed by atoms with Crippen molar-refractivity contribution in [1.29, 1.82) is 0 Å². The second-order valence-electron chi connectivity index (χ2n) is 6.44. The maximum Gasteiger partial charge on any atom is 0.246 e. The molecular weight excluding hydrogens is 320 g/mol. The van der Waals surface area contributed by atoms with Gasteiger partial charge in [-0.25, -0.2) is 0 Å². The lowest BCUT2D eigenvalue weighted by Crippen LogP contribution is -2.47. The summed E-state index contributed by atoms with van der Waals surface area (Å²) < 4.78 is 5.20. The van der Waals surface area contributed by atoms with Crippen LogP contribution in [0.2, 0.25) is 0 Å². The van der Waals surface area contributed by atoms with E-state index in [9.17, 15) is 9.59 Å². The van der Waals surface area contributed by atoms with Gasteiger partial charge >= 0.3 is 0 Å². The van der Waals surface area contributed by atoms with Crippen molar-refractivity contribution in [2.45, 2.75) is 44.7 Å². The molecule has 1 heterocycles. The molecule has 1 aromatic heterocycles. The van der Waals surface area contributed by atoms with E-state index in [0.29, 0.717) is 19.0 Å². The van der Waals surface area contributed by atoms with Crippen molar-refractivity contribution in [1.82, 2.24) is 15.6 Å². The molecule has 1 unspecified atom stereocenters. The van der Waals surface area contributed by atoms with Gasteiger partial charge in [0.2, 0.25) is 11.8 Å². The van der Waals surface area contributed by atoms with Crippen LogP contribution in [0.25, 0.3) is 0 Å². The van der Waals surface area contributed by atoms with Crippen molar-refractivity contribution in [3.8, 4) is 0 Å². The van der Waals surface area contributed by atoms with Crippen LogP contribution in [0.4, 0.5) is 0 Å². The lowest BCUT2D eigenvalue weighted by molar-refractivity contribution is -0.131. The summed E-state index contributed by atoms with van der Waals surface area (Å²) in [6.07, 6.45) is 9.25. The van der Waals surface area contributed by atoms with Gasteiger partial charge in [-0.3, -0.25) is 14.6 Å². The van der Waals surface area contributed by atoms with Gasteiger partial charge in [0.1, 0.15) is 13.2 Å². The highest BCUT2D eigenvalue weighted by atomic mass is 16.5. The highest BCUT2D eigenvalue weighted by molar-refractivity contribution is 5.79. The van der Waals surface area contributed by atoms with E-state index in [1.807, 2.05) is 12.1 Å². The smallest absolute Gasteiger partial charge is 0.246 e. The fourth-order valence-electron chi connectivity index (χ4n) is 3.15. The lowest BCUT2D eigenvalue weighted by atomic mass is 9.84. The van der Waals surface area contributed by atoms with Crippen LogP contribution >= 0.6 is 0 Å². The average molecular weight is 348 g/mol. The number of pyridine rings is 1. The van der Waals surface area contributed by atoms with Crippen molar-refractivity contribution in [2.24, 2.45) is 11.7 Å². The monoisotopic (exact) mass is 348 g/mol. The summed E-state index contributed by atoms with van der Waals surface area (Å²) >= 11 is 0. The van der Waals surface area contributed by atoms with Crippen LogP contribution < -0.4 is 16.4 Å². The van der Waals surface area contributed by atoms with E-state index in [-0.39, 0.29) is 31.1 Å². The largest absolute Gasteiger partial charge is 0.362 e. The molecule has 1 aromatic rings. The standard InChI is InChI=1S/C18H28N4O3/c19-9-16(15-6-2-1-3-7-15)22-18(24)13-25-12-17(23)21-11-14-5-4-8-20-10-14/h4-5,8,10,15-16H,1-3,6-7,9,11-13,19H2,(H,21,23)(H,22,24). The molecule has 1 aliphatic rings. The Hall–Kier alpha value is -1.99. The first-order valence-electron chi connectivity index (χ1n) is 8.92. The van der Waals surface area contributed by atoms with Crippen molar-refractivity contribution < 1.29 is 14.3 Å². The Morgan fingerprint density at radius 2 is 2.00 bits per heavy atom. The van der Waals surface area contributed by atoms with E-state index in [2.05, 4.69) is 15.6 Å². The van der Waals surface area contributed by atoms with Gasteiger partial charge in [0.05, 0.1) is 0 Å². The second kappa shape index (κ2) is 10.8. The number of hydrogen-bond donors (Lipinski definition) is 3. The molecule has 4 N–H and O–H groups in total. The topological polar surface area (TPSA) is 106 Å². The Morgan fingerprint density at radius 3 is 2.68 bits per heavy atom. The Balaban J connectivity index is 1.61. The molecule has 7 nitrogen and oxygen atoms in total. The minimum absolute atomic E-state index is 0.00388. The summed E-state index contributed by atoms with van der Waals surface area (Å²) in [6.45, 7) is 0.537. The van der Waals surface area contributed by atoms with Crippen molar-refractivity contribution in [3.63, 3.8) is 0 Å². The molecule has 7 heteroatoms. The predicted molar refractivity (Wildman–Crippen MR) is 94.5 cm³/mol. The van der Waals surface area contributed by atoms with Gasteiger partial charge in [-0.2, -0.15) is 0 Å². The Morgan fingerprint density at radius 1 is 1.24 bits per heavy atom. The molecule has 1 saturated carbocycles. The average Bonchev–Trinajstić information content (AvgIpc) is 2.66. The quantitative estimate of drug-likeness (QED) is 0.610. The van der Waals surface area contributed by atoms with Gasteiger partial charge in [-0.15, -0.1) is 0 Å². The normalized spacial score (nSPS) is 16.2. The fraction of sp³-hybridized carbons (Fsp3) is 0.611. The van der Waals surface area contributed by atoms with Crippen LogP contribution in [0.3, 0.4) is 0 Å².